The lowest BCUT2D eigenvalue weighted by Gasteiger charge is -2.32. The maximum absolute atomic E-state index is 12.6. The lowest BCUT2D eigenvalue weighted by atomic mass is 9.96. The molecule has 9 heteroatoms. The molecule has 2 rings (SSSR count). The molecule has 0 atom stereocenters. The summed E-state index contributed by atoms with van der Waals surface area (Å²) in [6, 6.07) is 4.73. The number of nitrogens with zero attached hydrogens (tertiary/aromatic N) is 2. The minimum absolute atomic E-state index is 0.0411. The van der Waals surface area contributed by atoms with Crippen molar-refractivity contribution >= 4 is 15.9 Å². The summed E-state index contributed by atoms with van der Waals surface area (Å²) in [5, 5.41) is 0. The van der Waals surface area contributed by atoms with E-state index in [9.17, 15) is 26.4 Å². The number of hydrogen-bond donors (Lipinski definition) is 0. The molecule has 0 bridgehead atoms. The van der Waals surface area contributed by atoms with Crippen LogP contribution in [0.1, 0.15) is 30.9 Å². The van der Waals surface area contributed by atoms with Gasteiger partial charge in [-0.3, -0.25) is 4.79 Å². The fraction of sp³-hybridized carbons (Fsp3) is 0.588. The molecule has 0 aromatic heterocycles. The largest absolute Gasteiger partial charge is 0.416 e. The van der Waals surface area contributed by atoms with Crippen molar-refractivity contribution in [2.45, 2.75) is 32.5 Å². The van der Waals surface area contributed by atoms with Gasteiger partial charge >= 0.3 is 6.18 Å². The normalized spacial score (nSPS) is 17.3. The third-order valence-corrected chi connectivity index (χ3v) is 6.52. The van der Waals surface area contributed by atoms with Gasteiger partial charge in [-0.1, -0.05) is 12.1 Å². The van der Waals surface area contributed by atoms with Gasteiger partial charge in [0.2, 0.25) is 15.9 Å². The van der Waals surface area contributed by atoms with E-state index in [4.69, 9.17) is 0 Å². The Bertz CT molecular complexity index is 725. The minimum atomic E-state index is -4.38. The van der Waals surface area contributed by atoms with Gasteiger partial charge in [-0.15, -0.1) is 0 Å². The summed E-state index contributed by atoms with van der Waals surface area (Å²) in [5.74, 6) is -0.337. The Morgan fingerprint density at radius 3 is 2.19 bits per heavy atom. The van der Waals surface area contributed by atoms with Crippen molar-refractivity contribution in [3.63, 3.8) is 0 Å². The lowest BCUT2D eigenvalue weighted by Crippen LogP contribution is -2.43. The van der Waals surface area contributed by atoms with Crippen LogP contribution in [0.4, 0.5) is 13.2 Å². The van der Waals surface area contributed by atoms with Crippen molar-refractivity contribution in [2.75, 3.05) is 25.9 Å². The van der Waals surface area contributed by atoms with Gasteiger partial charge < -0.3 is 4.90 Å². The fourth-order valence-corrected chi connectivity index (χ4v) is 4.16. The molecular formula is C17H23F3N2O3S. The van der Waals surface area contributed by atoms with E-state index in [0.29, 0.717) is 31.5 Å². The summed E-state index contributed by atoms with van der Waals surface area (Å²) >= 11 is 0. The predicted octanol–water partition coefficient (Wildman–Crippen LogP) is 2.73. The number of sulfonamides is 1. The van der Waals surface area contributed by atoms with E-state index in [1.165, 1.54) is 21.3 Å². The third-order valence-electron chi connectivity index (χ3n) is 4.64. The summed E-state index contributed by atoms with van der Waals surface area (Å²) in [4.78, 5) is 14.0. The monoisotopic (exact) mass is 392 g/mol. The standard InChI is InChI=1S/C17H23F3N2O3S/c1-3-26(24,25)22-10-8-14(9-11-22)16(23)21(2)12-13-4-6-15(7-5-13)17(18,19)20/h4-7,14H,3,8-12H2,1-2H3. The fourth-order valence-electron chi connectivity index (χ4n) is 3.03. The molecule has 0 saturated carbocycles. The number of carbonyl (C=O) groups is 1. The Hall–Kier alpha value is -1.61. The molecule has 0 N–H and O–H groups in total. The third kappa shape index (κ3) is 4.97. The van der Waals surface area contributed by atoms with E-state index in [1.807, 2.05) is 0 Å². The number of amides is 1. The molecule has 26 heavy (non-hydrogen) atoms. The molecule has 5 nitrogen and oxygen atoms in total. The summed E-state index contributed by atoms with van der Waals surface area (Å²) in [7, 11) is -1.63. The van der Waals surface area contributed by atoms with Crippen molar-refractivity contribution in [1.82, 2.24) is 9.21 Å². The van der Waals surface area contributed by atoms with Crippen LogP contribution in [0.2, 0.25) is 0 Å². The summed E-state index contributed by atoms with van der Waals surface area (Å²) in [6.45, 7) is 2.44. The van der Waals surface area contributed by atoms with Gasteiger partial charge in [0.05, 0.1) is 11.3 Å². The van der Waals surface area contributed by atoms with Gasteiger partial charge in [0, 0.05) is 32.6 Å². The van der Waals surface area contributed by atoms with Crippen molar-refractivity contribution in [3.8, 4) is 0 Å². The molecule has 1 saturated heterocycles. The average molecular weight is 392 g/mol. The number of rotatable bonds is 5. The van der Waals surface area contributed by atoms with Gasteiger partial charge in [0.25, 0.3) is 0 Å². The van der Waals surface area contributed by atoms with E-state index in [2.05, 4.69) is 0 Å². The van der Waals surface area contributed by atoms with Crippen molar-refractivity contribution in [2.24, 2.45) is 5.92 Å². The van der Waals surface area contributed by atoms with Gasteiger partial charge in [0.1, 0.15) is 0 Å². The molecule has 0 aliphatic carbocycles. The molecule has 1 amide bonds. The maximum Gasteiger partial charge on any atom is 0.416 e. The highest BCUT2D eigenvalue weighted by molar-refractivity contribution is 7.89. The number of carbonyl (C=O) groups excluding carboxylic acids is 1. The Balaban J connectivity index is 1.92. The predicted molar refractivity (Wildman–Crippen MR) is 91.7 cm³/mol. The first-order valence-corrected chi connectivity index (χ1v) is 10.0. The zero-order valence-corrected chi connectivity index (χ0v) is 15.6. The van der Waals surface area contributed by atoms with Gasteiger partial charge in [-0.2, -0.15) is 13.2 Å². The molecular weight excluding hydrogens is 369 g/mol. The molecule has 1 aromatic rings. The zero-order valence-electron chi connectivity index (χ0n) is 14.8. The van der Waals surface area contributed by atoms with Crippen molar-refractivity contribution in [3.05, 3.63) is 35.4 Å². The van der Waals surface area contributed by atoms with Crippen LogP contribution in [0.25, 0.3) is 0 Å². The van der Waals surface area contributed by atoms with Crippen LogP contribution >= 0.6 is 0 Å². The van der Waals surface area contributed by atoms with Crippen LogP contribution in [0.5, 0.6) is 0 Å². The Morgan fingerprint density at radius 1 is 1.19 bits per heavy atom. The van der Waals surface area contributed by atoms with E-state index in [1.54, 1.807) is 14.0 Å². The van der Waals surface area contributed by atoms with Crippen LogP contribution in [0.15, 0.2) is 24.3 Å². The summed E-state index contributed by atoms with van der Waals surface area (Å²) in [5.41, 5.74) is -0.111. The Morgan fingerprint density at radius 2 is 1.73 bits per heavy atom. The minimum Gasteiger partial charge on any atom is -0.341 e. The molecule has 1 aromatic carbocycles. The topological polar surface area (TPSA) is 57.7 Å². The maximum atomic E-state index is 12.6. The molecule has 1 aliphatic heterocycles. The van der Waals surface area contributed by atoms with Gasteiger partial charge in [0.15, 0.2) is 0 Å². The smallest absolute Gasteiger partial charge is 0.341 e. The Kier molecular flexibility index (Phi) is 6.33. The molecule has 1 heterocycles. The van der Waals surface area contributed by atoms with E-state index >= 15 is 0 Å². The molecule has 146 valence electrons. The second kappa shape index (κ2) is 7.96. The molecule has 1 aliphatic rings. The average Bonchev–Trinajstić information content (AvgIpc) is 2.61. The first-order valence-electron chi connectivity index (χ1n) is 8.43. The first-order chi connectivity index (χ1) is 12.0. The van der Waals surface area contributed by atoms with Crippen LogP contribution in [0.3, 0.4) is 0 Å². The highest BCUT2D eigenvalue weighted by Crippen LogP contribution is 2.29. The quantitative estimate of drug-likeness (QED) is 0.774. The van der Waals surface area contributed by atoms with Crippen LogP contribution in [0, 0.1) is 5.92 Å². The molecule has 0 radical (unpaired) electrons. The lowest BCUT2D eigenvalue weighted by molar-refractivity contribution is -0.138. The van der Waals surface area contributed by atoms with E-state index in [-0.39, 0.29) is 24.1 Å². The van der Waals surface area contributed by atoms with Crippen molar-refractivity contribution in [1.29, 1.82) is 0 Å². The number of piperidine rings is 1. The van der Waals surface area contributed by atoms with E-state index < -0.39 is 21.8 Å². The second-order valence-corrected chi connectivity index (χ2v) is 8.72. The van der Waals surface area contributed by atoms with Crippen LogP contribution in [-0.4, -0.2) is 49.4 Å². The number of alkyl halides is 3. The van der Waals surface area contributed by atoms with Crippen molar-refractivity contribution < 1.29 is 26.4 Å². The van der Waals surface area contributed by atoms with E-state index in [0.717, 1.165) is 12.1 Å². The second-order valence-electron chi connectivity index (χ2n) is 6.46. The molecule has 0 unspecified atom stereocenters. The highest BCUT2D eigenvalue weighted by Gasteiger charge is 2.32. The highest BCUT2D eigenvalue weighted by atomic mass is 32.2. The van der Waals surface area contributed by atoms with Crippen LogP contribution < -0.4 is 0 Å². The molecule has 1 fully saturated rings. The first kappa shape index (κ1) is 20.7. The number of hydrogen-bond acceptors (Lipinski definition) is 3. The number of benzene rings is 1. The SMILES string of the molecule is CCS(=O)(=O)N1CCC(C(=O)N(C)Cc2ccc(C(F)(F)F)cc2)CC1. The summed E-state index contributed by atoms with van der Waals surface area (Å²) < 4.78 is 62.9. The summed E-state index contributed by atoms with van der Waals surface area (Å²) in [6.07, 6.45) is -3.47. The zero-order chi connectivity index (χ0) is 19.5. The Labute approximate surface area is 151 Å². The van der Waals surface area contributed by atoms with Crippen LogP contribution in [-0.2, 0) is 27.5 Å². The number of halogens is 3. The molecule has 0 spiro atoms. The van der Waals surface area contributed by atoms with Gasteiger partial charge in [-0.05, 0) is 37.5 Å². The van der Waals surface area contributed by atoms with Gasteiger partial charge in [-0.25, -0.2) is 12.7 Å².